The number of ether oxygens (including phenoxy) is 1. The van der Waals surface area contributed by atoms with Gasteiger partial charge in [-0.2, -0.15) is 0 Å². The Kier molecular flexibility index (Phi) is 6.02. The fraction of sp³-hybridized carbons (Fsp3) is 0.529. The average Bonchev–Trinajstić information content (AvgIpc) is 2.50. The smallest absolute Gasteiger partial charge is 0.252 e. The van der Waals surface area contributed by atoms with Gasteiger partial charge < -0.3 is 15.4 Å². The van der Waals surface area contributed by atoms with Crippen molar-refractivity contribution in [2.75, 3.05) is 19.7 Å². The molecular formula is C17H23ClN2O3. The maximum Gasteiger partial charge on any atom is 0.252 e. The van der Waals surface area contributed by atoms with Crippen LogP contribution in [0.4, 0.5) is 0 Å². The van der Waals surface area contributed by atoms with E-state index in [1.54, 1.807) is 24.3 Å². The number of benzene rings is 1. The largest absolute Gasteiger partial charge is 0.376 e. The summed E-state index contributed by atoms with van der Waals surface area (Å²) in [5.41, 5.74) is 0.185. The van der Waals surface area contributed by atoms with Crippen LogP contribution in [0.15, 0.2) is 24.3 Å². The summed E-state index contributed by atoms with van der Waals surface area (Å²) in [7, 11) is 0. The van der Waals surface area contributed by atoms with Gasteiger partial charge in [-0.3, -0.25) is 9.59 Å². The lowest BCUT2D eigenvalue weighted by molar-refractivity contribution is -0.135. The average molecular weight is 339 g/mol. The zero-order valence-corrected chi connectivity index (χ0v) is 14.3. The molecule has 0 aromatic heterocycles. The Balaban J connectivity index is 1.72. The lowest BCUT2D eigenvalue weighted by atomic mass is 9.88. The first kappa shape index (κ1) is 17.8. The third kappa shape index (κ3) is 5.22. The topological polar surface area (TPSA) is 67.4 Å². The van der Waals surface area contributed by atoms with Crippen molar-refractivity contribution in [3.63, 3.8) is 0 Å². The minimum atomic E-state index is -0.251. The van der Waals surface area contributed by atoms with E-state index in [4.69, 9.17) is 16.3 Å². The number of halogens is 1. The molecule has 1 fully saturated rings. The zero-order chi connectivity index (χ0) is 16.9. The molecule has 0 aliphatic carbocycles. The van der Waals surface area contributed by atoms with Gasteiger partial charge in [-0.1, -0.05) is 23.7 Å². The van der Waals surface area contributed by atoms with Crippen molar-refractivity contribution >= 4 is 23.4 Å². The van der Waals surface area contributed by atoms with Crippen molar-refractivity contribution in [3.8, 4) is 0 Å². The fourth-order valence-corrected chi connectivity index (χ4v) is 2.92. The fourth-order valence-electron chi connectivity index (χ4n) is 2.70. The molecule has 5 nitrogen and oxygen atoms in total. The van der Waals surface area contributed by atoms with Gasteiger partial charge in [-0.15, -0.1) is 0 Å². The first-order chi connectivity index (χ1) is 10.9. The second-order valence-electron chi connectivity index (χ2n) is 6.32. The first-order valence-electron chi connectivity index (χ1n) is 7.83. The standard InChI is InChI=1S/C17H23ClN2O3/c1-17(2)11-12(7-10-23-17)15(21)19-8-9-20-16(22)13-5-3-4-6-14(13)18/h3-6,12H,7-11H2,1-2H3,(H,19,21)(H,20,22). The van der Waals surface area contributed by atoms with E-state index in [1.807, 2.05) is 13.8 Å². The van der Waals surface area contributed by atoms with Crippen LogP contribution in [0.5, 0.6) is 0 Å². The quantitative estimate of drug-likeness (QED) is 0.810. The van der Waals surface area contributed by atoms with Gasteiger partial charge in [0.05, 0.1) is 16.2 Å². The Morgan fingerprint density at radius 2 is 1.96 bits per heavy atom. The number of carbonyl (C=O) groups is 2. The number of hydrogen-bond donors (Lipinski definition) is 2. The zero-order valence-electron chi connectivity index (χ0n) is 13.5. The molecule has 1 aliphatic rings. The maximum absolute atomic E-state index is 12.2. The van der Waals surface area contributed by atoms with Gasteiger partial charge >= 0.3 is 0 Å². The van der Waals surface area contributed by atoms with Crippen LogP contribution in [-0.4, -0.2) is 37.1 Å². The molecule has 126 valence electrons. The molecule has 1 atom stereocenters. The summed E-state index contributed by atoms with van der Waals surface area (Å²) < 4.78 is 5.61. The van der Waals surface area contributed by atoms with Gasteiger partial charge in [0.1, 0.15) is 0 Å². The highest BCUT2D eigenvalue weighted by Crippen LogP contribution is 2.28. The highest BCUT2D eigenvalue weighted by molar-refractivity contribution is 6.33. The second-order valence-corrected chi connectivity index (χ2v) is 6.73. The predicted molar refractivity (Wildman–Crippen MR) is 89.5 cm³/mol. The Labute approximate surface area is 141 Å². The van der Waals surface area contributed by atoms with Gasteiger partial charge in [0.25, 0.3) is 5.91 Å². The molecule has 0 spiro atoms. The van der Waals surface area contributed by atoms with Gasteiger partial charge in [0.15, 0.2) is 0 Å². The maximum atomic E-state index is 12.2. The summed E-state index contributed by atoms with van der Waals surface area (Å²) in [6, 6.07) is 6.87. The molecule has 1 aromatic rings. The lowest BCUT2D eigenvalue weighted by Gasteiger charge is -2.34. The van der Waals surface area contributed by atoms with Crippen molar-refractivity contribution < 1.29 is 14.3 Å². The van der Waals surface area contributed by atoms with Crippen LogP contribution in [0.3, 0.4) is 0 Å². The number of amides is 2. The molecule has 1 aliphatic heterocycles. The number of rotatable bonds is 5. The van der Waals surface area contributed by atoms with Crippen molar-refractivity contribution in [1.82, 2.24) is 10.6 Å². The van der Waals surface area contributed by atoms with E-state index in [0.717, 1.165) is 6.42 Å². The van der Waals surface area contributed by atoms with E-state index >= 15 is 0 Å². The summed E-state index contributed by atoms with van der Waals surface area (Å²) in [6.07, 6.45) is 1.45. The third-order valence-electron chi connectivity index (χ3n) is 3.90. The van der Waals surface area contributed by atoms with Gasteiger partial charge in [0.2, 0.25) is 5.91 Å². The van der Waals surface area contributed by atoms with E-state index in [2.05, 4.69) is 10.6 Å². The summed E-state index contributed by atoms with van der Waals surface area (Å²) in [5, 5.41) is 6.04. The molecule has 2 N–H and O–H groups in total. The molecule has 2 amide bonds. The Morgan fingerprint density at radius 3 is 2.65 bits per heavy atom. The molecule has 0 bridgehead atoms. The summed E-state index contributed by atoms with van der Waals surface area (Å²) in [4.78, 5) is 24.1. The number of carbonyl (C=O) groups excluding carboxylic acids is 2. The third-order valence-corrected chi connectivity index (χ3v) is 4.23. The first-order valence-corrected chi connectivity index (χ1v) is 8.21. The van der Waals surface area contributed by atoms with Crippen LogP contribution in [0.25, 0.3) is 0 Å². The Morgan fingerprint density at radius 1 is 1.26 bits per heavy atom. The van der Waals surface area contributed by atoms with Gasteiger partial charge in [-0.25, -0.2) is 0 Å². The molecular weight excluding hydrogens is 316 g/mol. The van der Waals surface area contributed by atoms with Crippen LogP contribution in [0.2, 0.25) is 5.02 Å². The van der Waals surface area contributed by atoms with Crippen LogP contribution in [-0.2, 0) is 9.53 Å². The van der Waals surface area contributed by atoms with Gasteiger partial charge in [-0.05, 0) is 38.8 Å². The van der Waals surface area contributed by atoms with E-state index in [0.29, 0.717) is 36.7 Å². The van der Waals surface area contributed by atoms with Crippen LogP contribution in [0, 0.1) is 5.92 Å². The summed E-state index contributed by atoms with van der Waals surface area (Å²) in [6.45, 7) is 5.36. The Bertz CT molecular complexity index is 575. The van der Waals surface area contributed by atoms with Crippen molar-refractivity contribution in [3.05, 3.63) is 34.9 Å². The van der Waals surface area contributed by atoms with Crippen molar-refractivity contribution in [1.29, 1.82) is 0 Å². The minimum Gasteiger partial charge on any atom is -0.376 e. The molecule has 1 aromatic carbocycles. The van der Waals surface area contributed by atoms with E-state index in [9.17, 15) is 9.59 Å². The van der Waals surface area contributed by atoms with E-state index < -0.39 is 0 Å². The van der Waals surface area contributed by atoms with Gasteiger partial charge in [0, 0.05) is 25.6 Å². The second kappa shape index (κ2) is 7.79. The minimum absolute atomic E-state index is 0.0216. The molecule has 6 heteroatoms. The normalized spacial score (nSPS) is 19.9. The molecule has 1 saturated heterocycles. The lowest BCUT2D eigenvalue weighted by Crippen LogP contribution is -2.43. The van der Waals surface area contributed by atoms with Crippen molar-refractivity contribution in [2.24, 2.45) is 5.92 Å². The SMILES string of the molecule is CC1(C)CC(C(=O)NCCNC(=O)c2ccccc2Cl)CCO1. The molecule has 23 heavy (non-hydrogen) atoms. The molecule has 0 saturated carbocycles. The van der Waals surface area contributed by atoms with E-state index in [-0.39, 0.29) is 23.3 Å². The number of hydrogen-bond acceptors (Lipinski definition) is 3. The number of nitrogens with one attached hydrogen (secondary N) is 2. The molecule has 1 unspecified atom stereocenters. The van der Waals surface area contributed by atoms with Crippen LogP contribution in [0.1, 0.15) is 37.0 Å². The monoisotopic (exact) mass is 338 g/mol. The predicted octanol–water partition coefficient (Wildman–Crippen LogP) is 2.39. The van der Waals surface area contributed by atoms with Crippen LogP contribution < -0.4 is 10.6 Å². The van der Waals surface area contributed by atoms with Crippen LogP contribution >= 0.6 is 11.6 Å². The highest BCUT2D eigenvalue weighted by Gasteiger charge is 2.32. The van der Waals surface area contributed by atoms with Crippen molar-refractivity contribution in [2.45, 2.75) is 32.3 Å². The summed E-state index contributed by atoms with van der Waals surface area (Å²) >= 11 is 5.97. The molecule has 1 heterocycles. The Hall–Kier alpha value is -1.59. The van der Waals surface area contributed by atoms with E-state index in [1.165, 1.54) is 0 Å². The molecule has 2 rings (SSSR count). The molecule has 0 radical (unpaired) electrons. The summed E-state index contributed by atoms with van der Waals surface area (Å²) in [5.74, 6) is -0.247. The highest BCUT2D eigenvalue weighted by atomic mass is 35.5.